The number of carboxylic acids is 3. The van der Waals surface area contributed by atoms with Crippen LogP contribution in [0.5, 0.6) is 0 Å². The van der Waals surface area contributed by atoms with Gasteiger partial charge in [-0.05, 0) is 55.5 Å². The van der Waals surface area contributed by atoms with Gasteiger partial charge >= 0.3 is 0 Å². The van der Waals surface area contributed by atoms with Crippen molar-refractivity contribution in [2.24, 2.45) is 145 Å². The highest BCUT2D eigenvalue weighted by Crippen LogP contribution is 2.18. The van der Waals surface area contributed by atoms with Crippen LogP contribution in [-0.4, -0.2) is 140 Å². The molecule has 1 aliphatic heterocycles. The van der Waals surface area contributed by atoms with E-state index in [1.165, 1.54) is 49.4 Å². The fourth-order valence-corrected chi connectivity index (χ4v) is 7.11. The Bertz CT molecular complexity index is 4030. The largest absolute Gasteiger partial charge is 0.481 e. The molecule has 0 fully saturated rings. The number of benzene rings is 5. The zero-order chi connectivity index (χ0) is 82.7. The Morgan fingerprint density at radius 2 is 0.716 bits per heavy atom. The maximum atomic E-state index is 13.1. The standard InChI is InChI=1S/C12H11ClN4O.C8H9BrN4.C8H8ClFN4.2C8H9ClN4.2C7H8ClN5.3C2H4O2/c1-8-11(18)6-12(17-15-8)16-14-7-9-4-2-3-5-10(9)13;9-7-4-2-1-3-6(7)5-12-13-8(10)11;9-6-2-1-3-7(10)5(6)4-13-14-8(11)12;2*9-7-4-2-1-3-6(7)5-12-13-8(10)11;2*8-6-4-11-2-1-5(6)3-12-13-7(9)10;3*1-2(3)4/h2-5,7H,6H2,1H3,(H,16,17);1-5H,(H4,10,11,13);1-4H,(H4,11,12,14);2*1-5H,(H4,10,11,13);2*1-4H,(H4,9,10,13);3*1H3,(H,3,4)/b14-7+;12-5+;13-4+;2*12-5+;2*12-3+;;;. The van der Waals surface area contributed by atoms with Crippen molar-refractivity contribution in [3.8, 4) is 0 Å². The van der Waals surface area contributed by atoms with E-state index in [0.717, 1.165) is 53.7 Å². The molecule has 28 N–H and O–H groups in total. The lowest BCUT2D eigenvalue weighted by Crippen LogP contribution is -2.27. The summed E-state index contributed by atoms with van der Waals surface area (Å²) in [5.41, 5.74) is 68.7. The van der Waals surface area contributed by atoms with Crippen LogP contribution in [0.3, 0.4) is 0 Å². The Balaban J connectivity index is 0. The highest BCUT2D eigenvalue weighted by Gasteiger charge is 2.15. The molecule has 2 aromatic heterocycles. The average Bonchev–Trinajstić information content (AvgIpc) is 0.994. The highest BCUT2D eigenvalue weighted by molar-refractivity contribution is 9.10. The van der Waals surface area contributed by atoms with Gasteiger partial charge in [0.15, 0.2) is 11.6 Å². The zero-order valence-electron chi connectivity index (χ0n) is 57.7. The van der Waals surface area contributed by atoms with Crippen molar-refractivity contribution in [2.45, 2.75) is 34.1 Å². The minimum atomic E-state index is -0.833. The van der Waals surface area contributed by atoms with Gasteiger partial charge in [0, 0.05) is 104 Å². The molecule has 0 unspecified atom stereocenters. The van der Waals surface area contributed by atoms with Crippen LogP contribution in [0, 0.1) is 5.82 Å². The average molecular weight is 1690 g/mol. The van der Waals surface area contributed by atoms with Crippen molar-refractivity contribution in [3.63, 3.8) is 0 Å². The number of hydrazone groups is 1. The number of nitrogens with two attached hydrogens (primary N) is 12. The maximum Gasteiger partial charge on any atom is 0.300 e. The molecule has 0 bridgehead atoms. The van der Waals surface area contributed by atoms with Gasteiger partial charge in [0.05, 0.1) is 65.0 Å². The fraction of sp³-hybridized carbons (Fsp3) is 0.0781. The number of aliphatic carboxylic acids is 3. The number of rotatable bonds is 14. The smallest absolute Gasteiger partial charge is 0.300 e. The molecule has 109 heavy (non-hydrogen) atoms. The van der Waals surface area contributed by atoms with E-state index in [9.17, 15) is 9.18 Å². The van der Waals surface area contributed by atoms with Crippen molar-refractivity contribution in [3.05, 3.63) is 232 Å². The van der Waals surface area contributed by atoms with Gasteiger partial charge < -0.3 is 84.1 Å². The van der Waals surface area contributed by atoms with Gasteiger partial charge in [-0.3, -0.25) is 34.6 Å². The van der Waals surface area contributed by atoms with Crippen LogP contribution in [0.15, 0.2) is 233 Å². The molecule has 0 spiro atoms. The molecule has 5 aromatic carbocycles. The molecule has 1 aliphatic rings. The molecular formula is C64H74BrCl6FN30O7. The second-order valence-electron chi connectivity index (χ2n) is 18.9. The molecule has 578 valence electrons. The topological polar surface area (TPSA) is 664 Å². The number of carbonyl (C=O) groups is 4. The number of hydrogen-bond donors (Lipinski definition) is 16. The number of ketones is 1. The molecule has 37 nitrogen and oxygen atoms in total. The number of amidine groups is 1. The Morgan fingerprint density at radius 3 is 1.03 bits per heavy atom. The molecule has 0 radical (unpaired) electrons. The van der Waals surface area contributed by atoms with Gasteiger partial charge in [0.1, 0.15) is 11.5 Å². The highest BCUT2D eigenvalue weighted by atomic mass is 79.9. The third-order valence-corrected chi connectivity index (χ3v) is 12.6. The van der Waals surface area contributed by atoms with E-state index in [1.54, 1.807) is 68.1 Å². The number of Topliss-reactive ketones (excluding diaryl/α,β-unsaturated/α-hetero) is 1. The molecule has 8 rings (SSSR count). The Labute approximate surface area is 661 Å². The van der Waals surface area contributed by atoms with Gasteiger partial charge in [0.2, 0.25) is 35.8 Å². The number of carboxylic acid groups (broad SMARTS) is 3. The molecule has 0 atom stereocenters. The molecule has 0 aliphatic carbocycles. The minimum absolute atomic E-state index is 0.0525. The van der Waals surface area contributed by atoms with Crippen LogP contribution in [0.25, 0.3) is 0 Å². The fourth-order valence-electron chi connectivity index (χ4n) is 5.62. The SMILES string of the molecule is CC(=O)O.CC(=O)O.CC(=O)O.CC1=NN=C(N/N=C/c2ccccc2Cl)CC1=O.NC(N)=N/N=C/c1c(F)cccc1Cl.NC(N)=N/N=C/c1ccccc1Br.NC(N)=N/N=C/c1ccccc1Cl.NC(N)=N/N=C/c1ccccc1Cl.NC(N)=N/N=C/c1ccncc1Cl.NC(N)=N/N=C/c1ccncc1Cl. The number of guanidine groups is 6. The Kier molecular flexibility index (Phi) is 53.4. The van der Waals surface area contributed by atoms with E-state index in [-0.39, 0.29) is 58.5 Å². The van der Waals surface area contributed by atoms with Crippen molar-refractivity contribution in [1.29, 1.82) is 0 Å². The molecular weight excluding hydrogens is 1610 g/mol. The number of nitrogens with zero attached hydrogens (tertiary/aromatic N) is 17. The first-order chi connectivity index (χ1) is 51.5. The van der Waals surface area contributed by atoms with E-state index in [0.29, 0.717) is 47.8 Å². The third kappa shape index (κ3) is 55.3. The second kappa shape index (κ2) is 59.3. The summed E-state index contributed by atoms with van der Waals surface area (Å²) in [6, 6.07) is 37.2. The predicted molar refractivity (Wildman–Crippen MR) is 440 cm³/mol. The molecule has 7 aromatic rings. The summed E-state index contributed by atoms with van der Waals surface area (Å²) in [4.78, 5) is 46.0. The van der Waals surface area contributed by atoms with Crippen LogP contribution in [-0.2, 0) is 19.2 Å². The van der Waals surface area contributed by atoms with Crippen LogP contribution in [0.4, 0.5) is 4.39 Å². The molecule has 0 amide bonds. The summed E-state index contributed by atoms with van der Waals surface area (Å²) < 4.78 is 14.0. The number of hydrogen-bond acceptors (Lipinski definition) is 22. The zero-order valence-corrected chi connectivity index (χ0v) is 63.8. The van der Waals surface area contributed by atoms with E-state index in [4.69, 9.17) is 168 Å². The van der Waals surface area contributed by atoms with Crippen LogP contribution < -0.4 is 74.2 Å². The molecule has 3 heterocycles. The number of pyridine rings is 2. The summed E-state index contributed by atoms with van der Waals surface area (Å²) in [5.74, 6) is -3.21. The Morgan fingerprint density at radius 1 is 0.422 bits per heavy atom. The number of aromatic nitrogens is 2. The second-order valence-corrected chi connectivity index (χ2v) is 22.2. The first-order valence-corrected chi connectivity index (χ1v) is 32.4. The number of halogens is 8. The van der Waals surface area contributed by atoms with E-state index >= 15 is 0 Å². The van der Waals surface area contributed by atoms with E-state index < -0.39 is 23.7 Å². The lowest BCUT2D eigenvalue weighted by Gasteiger charge is -2.07. The first kappa shape index (κ1) is 98.1. The van der Waals surface area contributed by atoms with Gasteiger partial charge in [0.25, 0.3) is 17.9 Å². The van der Waals surface area contributed by atoms with Gasteiger partial charge in [-0.25, -0.2) is 4.39 Å². The first-order valence-electron chi connectivity index (χ1n) is 29.3. The van der Waals surface area contributed by atoms with Gasteiger partial charge in [-0.15, -0.1) is 35.7 Å². The van der Waals surface area contributed by atoms with Gasteiger partial charge in [-0.2, -0.15) is 40.8 Å². The van der Waals surface area contributed by atoms with Crippen molar-refractivity contribution in [1.82, 2.24) is 15.4 Å². The predicted octanol–water partition coefficient (Wildman–Crippen LogP) is 7.01. The van der Waals surface area contributed by atoms with E-state index in [1.807, 2.05) is 78.9 Å². The van der Waals surface area contributed by atoms with Crippen LogP contribution >= 0.6 is 85.5 Å². The van der Waals surface area contributed by atoms with Crippen molar-refractivity contribution in [2.75, 3.05) is 0 Å². The number of carbonyl (C=O) groups excluding carboxylic acids is 1. The Hall–Kier alpha value is -12.9. The summed E-state index contributed by atoms with van der Waals surface area (Å²) in [5, 5.41) is 79.0. The van der Waals surface area contributed by atoms with Crippen molar-refractivity contribution >= 4 is 200 Å². The van der Waals surface area contributed by atoms with Crippen LogP contribution in [0.1, 0.15) is 73.1 Å². The summed E-state index contributed by atoms with van der Waals surface area (Å²) in [6.07, 6.45) is 16.6. The van der Waals surface area contributed by atoms with E-state index in [2.05, 4.69) is 108 Å². The lowest BCUT2D eigenvalue weighted by molar-refractivity contribution is -0.135. The van der Waals surface area contributed by atoms with Gasteiger partial charge in [-0.1, -0.05) is 164 Å². The monoisotopic (exact) mass is 1680 g/mol. The maximum absolute atomic E-state index is 13.1. The molecule has 45 heteroatoms. The summed E-state index contributed by atoms with van der Waals surface area (Å²) in [6.45, 7) is 4.88. The third-order valence-electron chi connectivity index (χ3n) is 9.89. The normalized spacial score (nSPS) is 10.7. The lowest BCUT2D eigenvalue weighted by atomic mass is 10.2. The summed E-state index contributed by atoms with van der Waals surface area (Å²) >= 11 is 38.3. The quantitative estimate of drug-likeness (QED) is 0.0296. The van der Waals surface area contributed by atoms with Crippen molar-refractivity contribution < 1.29 is 38.9 Å². The molecule has 0 saturated heterocycles. The minimum Gasteiger partial charge on any atom is -0.481 e. The van der Waals surface area contributed by atoms with Crippen LogP contribution in [0.2, 0.25) is 30.1 Å². The number of nitrogens with one attached hydrogen (secondary N) is 1. The summed E-state index contributed by atoms with van der Waals surface area (Å²) in [7, 11) is 0. The molecule has 0 saturated carbocycles.